The van der Waals surface area contributed by atoms with Crippen LogP contribution in [0.2, 0.25) is 0 Å². The topological polar surface area (TPSA) is 43.3 Å². The molecule has 0 spiro atoms. The zero-order valence-corrected chi connectivity index (χ0v) is 6.14. The minimum Gasteiger partial charge on any atom is -0.446 e. The fraction of sp³-hybridized carbons (Fsp3) is 0. The van der Waals surface area contributed by atoms with Crippen LogP contribution in [-0.4, -0.2) is 14.4 Å². The van der Waals surface area contributed by atoms with Crippen molar-refractivity contribution in [3.63, 3.8) is 0 Å². The van der Waals surface area contributed by atoms with Crippen LogP contribution >= 0.6 is 0 Å². The highest BCUT2D eigenvalue weighted by Crippen LogP contribution is 2.13. The van der Waals surface area contributed by atoms with Crippen molar-refractivity contribution in [1.82, 2.24) is 14.4 Å². The molecule has 0 atom stereocenters. The van der Waals surface area contributed by atoms with Crippen molar-refractivity contribution in [3.05, 3.63) is 30.9 Å². The van der Waals surface area contributed by atoms with Gasteiger partial charge in [0.15, 0.2) is 5.65 Å². The smallest absolute Gasteiger partial charge is 0.231 e. The maximum absolute atomic E-state index is 5.25. The second-order valence-corrected chi connectivity index (χ2v) is 2.52. The second kappa shape index (κ2) is 1.85. The van der Waals surface area contributed by atoms with Crippen LogP contribution in [0.25, 0.3) is 16.9 Å². The van der Waals surface area contributed by atoms with Gasteiger partial charge in [0.25, 0.3) is 0 Å². The van der Waals surface area contributed by atoms with E-state index in [2.05, 4.69) is 9.97 Å². The SMILES string of the molecule is c1cn2c(cnc3ccoc32)n1. The van der Waals surface area contributed by atoms with Crippen LogP contribution in [0.4, 0.5) is 0 Å². The van der Waals surface area contributed by atoms with Crippen LogP contribution in [0.3, 0.4) is 0 Å². The standard InChI is InChI=1S/C8H5N3O/c1-4-12-8-6(1)10-5-7-9-2-3-11(7)8/h1-5H. The lowest BCUT2D eigenvalue weighted by Gasteiger charge is -1.91. The average Bonchev–Trinajstić information content (AvgIpc) is 2.71. The number of nitrogens with zero attached hydrogens (tertiary/aromatic N) is 3. The van der Waals surface area contributed by atoms with Crippen LogP contribution in [-0.2, 0) is 0 Å². The summed E-state index contributed by atoms with van der Waals surface area (Å²) in [6, 6.07) is 1.83. The molecule has 3 heterocycles. The number of hydrogen-bond donors (Lipinski definition) is 0. The molecule has 0 saturated carbocycles. The van der Waals surface area contributed by atoms with E-state index < -0.39 is 0 Å². The molecule has 0 radical (unpaired) electrons. The molecule has 4 heteroatoms. The van der Waals surface area contributed by atoms with Crippen molar-refractivity contribution < 1.29 is 4.42 Å². The van der Waals surface area contributed by atoms with Gasteiger partial charge in [-0.15, -0.1) is 0 Å². The highest BCUT2D eigenvalue weighted by Gasteiger charge is 2.02. The number of furan rings is 1. The zero-order chi connectivity index (χ0) is 7.97. The maximum Gasteiger partial charge on any atom is 0.231 e. The highest BCUT2D eigenvalue weighted by atomic mass is 16.3. The monoisotopic (exact) mass is 159 g/mol. The number of imidazole rings is 1. The molecule has 0 aliphatic carbocycles. The van der Waals surface area contributed by atoms with Gasteiger partial charge < -0.3 is 4.42 Å². The fourth-order valence-electron chi connectivity index (χ4n) is 1.28. The minimum absolute atomic E-state index is 0.741. The Bertz CT molecular complexity index is 487. The van der Waals surface area contributed by atoms with Crippen LogP contribution in [0, 0.1) is 0 Å². The van der Waals surface area contributed by atoms with Crippen molar-refractivity contribution in [3.8, 4) is 0 Å². The molecule has 0 N–H and O–H groups in total. The molecule has 0 aliphatic rings. The van der Waals surface area contributed by atoms with Crippen molar-refractivity contribution >= 4 is 16.9 Å². The van der Waals surface area contributed by atoms with E-state index in [-0.39, 0.29) is 0 Å². The summed E-state index contributed by atoms with van der Waals surface area (Å²) in [6.45, 7) is 0. The van der Waals surface area contributed by atoms with Gasteiger partial charge in [0.1, 0.15) is 5.52 Å². The minimum atomic E-state index is 0.741. The van der Waals surface area contributed by atoms with E-state index in [0.29, 0.717) is 0 Å². The van der Waals surface area contributed by atoms with Gasteiger partial charge in [-0.2, -0.15) is 0 Å². The number of aromatic nitrogens is 3. The van der Waals surface area contributed by atoms with E-state index in [1.807, 2.05) is 16.7 Å². The number of fused-ring (bicyclic) bond motifs is 3. The zero-order valence-electron chi connectivity index (χ0n) is 6.14. The fourth-order valence-corrected chi connectivity index (χ4v) is 1.28. The summed E-state index contributed by atoms with van der Waals surface area (Å²) in [5.74, 6) is 0. The van der Waals surface area contributed by atoms with Crippen LogP contribution in [0.15, 0.2) is 35.3 Å². The van der Waals surface area contributed by atoms with Crippen LogP contribution in [0.5, 0.6) is 0 Å². The van der Waals surface area contributed by atoms with Crippen LogP contribution in [0.1, 0.15) is 0 Å². The molecule has 3 aromatic rings. The van der Waals surface area contributed by atoms with Crippen molar-refractivity contribution in [1.29, 1.82) is 0 Å². The van der Waals surface area contributed by atoms with Gasteiger partial charge in [-0.25, -0.2) is 9.97 Å². The first-order chi connectivity index (χ1) is 5.95. The van der Waals surface area contributed by atoms with E-state index >= 15 is 0 Å². The van der Waals surface area contributed by atoms with Crippen molar-refractivity contribution in [2.75, 3.05) is 0 Å². The van der Waals surface area contributed by atoms with Gasteiger partial charge in [-0.3, -0.25) is 4.40 Å². The molecule has 0 bridgehead atoms. The molecule has 0 saturated heterocycles. The first-order valence-electron chi connectivity index (χ1n) is 3.60. The summed E-state index contributed by atoms with van der Waals surface area (Å²) in [6.07, 6.45) is 6.91. The number of hydrogen-bond acceptors (Lipinski definition) is 3. The van der Waals surface area contributed by atoms with Gasteiger partial charge in [0.2, 0.25) is 5.71 Å². The number of rotatable bonds is 0. The Hall–Kier alpha value is -1.84. The van der Waals surface area contributed by atoms with Gasteiger partial charge in [-0.05, 0) is 0 Å². The first kappa shape index (κ1) is 5.77. The third-order valence-electron chi connectivity index (χ3n) is 1.83. The summed E-state index contributed by atoms with van der Waals surface area (Å²) in [5, 5.41) is 0. The first-order valence-corrected chi connectivity index (χ1v) is 3.60. The third kappa shape index (κ3) is 0.567. The van der Waals surface area contributed by atoms with Gasteiger partial charge in [0.05, 0.1) is 12.5 Å². The Morgan fingerprint density at radius 3 is 3.33 bits per heavy atom. The molecule has 4 nitrogen and oxygen atoms in total. The molecule has 0 amide bonds. The normalized spacial score (nSPS) is 11.3. The Labute approximate surface area is 67.5 Å². The molecular weight excluding hydrogens is 154 g/mol. The Kier molecular flexibility index (Phi) is 0.889. The summed E-state index contributed by atoms with van der Waals surface area (Å²) in [5.41, 5.74) is 2.39. The lowest BCUT2D eigenvalue weighted by Crippen LogP contribution is -1.85. The molecule has 12 heavy (non-hydrogen) atoms. The molecule has 0 aromatic carbocycles. The molecule has 0 unspecified atom stereocenters. The maximum atomic E-state index is 5.25. The lowest BCUT2D eigenvalue weighted by atomic mass is 10.5. The van der Waals surface area contributed by atoms with Crippen molar-refractivity contribution in [2.45, 2.75) is 0 Å². The summed E-state index contributed by atoms with van der Waals surface area (Å²) >= 11 is 0. The Balaban J connectivity index is 2.71. The predicted molar refractivity (Wildman–Crippen MR) is 42.8 cm³/mol. The predicted octanol–water partition coefficient (Wildman–Crippen LogP) is 1.48. The average molecular weight is 159 g/mol. The van der Waals surface area contributed by atoms with E-state index in [1.54, 1.807) is 18.7 Å². The quantitative estimate of drug-likeness (QED) is 0.499. The molecule has 58 valence electrons. The largest absolute Gasteiger partial charge is 0.446 e. The molecular formula is C8H5N3O. The molecule has 0 aliphatic heterocycles. The van der Waals surface area contributed by atoms with Crippen LogP contribution < -0.4 is 0 Å². The van der Waals surface area contributed by atoms with E-state index in [4.69, 9.17) is 4.42 Å². The Morgan fingerprint density at radius 2 is 2.33 bits per heavy atom. The highest BCUT2D eigenvalue weighted by molar-refractivity contribution is 5.71. The second-order valence-electron chi connectivity index (χ2n) is 2.52. The summed E-state index contributed by atoms with van der Waals surface area (Å²) in [7, 11) is 0. The molecule has 3 aromatic heterocycles. The van der Waals surface area contributed by atoms with Gasteiger partial charge in [-0.1, -0.05) is 0 Å². The van der Waals surface area contributed by atoms with E-state index in [9.17, 15) is 0 Å². The lowest BCUT2D eigenvalue weighted by molar-refractivity contribution is 0.597. The Morgan fingerprint density at radius 1 is 1.33 bits per heavy atom. The van der Waals surface area contributed by atoms with E-state index in [0.717, 1.165) is 16.9 Å². The van der Waals surface area contributed by atoms with Crippen molar-refractivity contribution in [2.24, 2.45) is 0 Å². The summed E-state index contributed by atoms with van der Waals surface area (Å²) < 4.78 is 7.11. The molecule has 3 rings (SSSR count). The summed E-state index contributed by atoms with van der Waals surface area (Å²) in [4.78, 5) is 8.25. The third-order valence-corrected chi connectivity index (χ3v) is 1.83. The van der Waals surface area contributed by atoms with Gasteiger partial charge >= 0.3 is 0 Å². The van der Waals surface area contributed by atoms with E-state index in [1.165, 1.54) is 0 Å². The molecule has 0 fully saturated rings. The van der Waals surface area contributed by atoms with Gasteiger partial charge in [0, 0.05) is 18.5 Å².